The fraction of sp³-hybridized carbons (Fsp3) is 0.538. The van der Waals surface area contributed by atoms with E-state index >= 15 is 0 Å². The predicted molar refractivity (Wildman–Crippen MR) is 79.1 cm³/mol. The minimum atomic E-state index is -4.69. The lowest BCUT2D eigenvalue weighted by molar-refractivity contribution is -0.274. The number of ether oxygens (including phenoxy) is 1. The Morgan fingerprint density at radius 2 is 1.80 bits per heavy atom. The molecular formula is C13H18BrClF3NO. The fourth-order valence-electron chi connectivity index (χ4n) is 1.67. The van der Waals surface area contributed by atoms with Gasteiger partial charge in [-0.25, -0.2) is 0 Å². The first kappa shape index (κ1) is 19.5. The highest BCUT2D eigenvalue weighted by Crippen LogP contribution is 2.30. The van der Waals surface area contributed by atoms with Gasteiger partial charge in [0.05, 0.1) is 0 Å². The standard InChI is InChI=1S/C13H17BrF3NO.ClH/c1-8(2)3-4-12(18)9-5-10(14)7-11(6-9)19-13(15,16)17;/h5-8,12H,3-4,18H2,1-2H3;1H/t12-;/m0./s1. The number of benzene rings is 1. The van der Waals surface area contributed by atoms with E-state index in [4.69, 9.17) is 5.73 Å². The monoisotopic (exact) mass is 375 g/mol. The second-order valence-electron chi connectivity index (χ2n) is 4.85. The van der Waals surface area contributed by atoms with Gasteiger partial charge in [0.15, 0.2) is 0 Å². The Balaban J connectivity index is 0.00000361. The summed E-state index contributed by atoms with van der Waals surface area (Å²) < 4.78 is 41.0. The lowest BCUT2D eigenvalue weighted by Crippen LogP contribution is -2.18. The zero-order chi connectivity index (χ0) is 14.6. The summed E-state index contributed by atoms with van der Waals surface area (Å²) >= 11 is 3.17. The molecule has 0 aromatic heterocycles. The summed E-state index contributed by atoms with van der Waals surface area (Å²) in [5.41, 5.74) is 6.62. The summed E-state index contributed by atoms with van der Waals surface area (Å²) in [5, 5.41) is 0. The first-order valence-corrected chi connectivity index (χ1v) is 6.78. The Kier molecular flexibility index (Phi) is 7.91. The van der Waals surface area contributed by atoms with Crippen LogP contribution in [-0.2, 0) is 0 Å². The molecule has 2 nitrogen and oxygen atoms in total. The van der Waals surface area contributed by atoms with Gasteiger partial charge < -0.3 is 10.5 Å². The third kappa shape index (κ3) is 7.36. The molecule has 7 heteroatoms. The molecule has 1 rings (SSSR count). The average Bonchev–Trinajstić information content (AvgIpc) is 2.22. The quantitative estimate of drug-likeness (QED) is 0.766. The Bertz CT molecular complexity index is 427. The molecule has 1 aromatic rings. The van der Waals surface area contributed by atoms with Crippen LogP contribution in [0.25, 0.3) is 0 Å². The van der Waals surface area contributed by atoms with Crippen molar-refractivity contribution in [2.45, 2.75) is 39.1 Å². The third-order valence-corrected chi connectivity index (χ3v) is 3.07. The van der Waals surface area contributed by atoms with Crippen molar-refractivity contribution in [3.8, 4) is 5.75 Å². The molecule has 0 aliphatic carbocycles. The van der Waals surface area contributed by atoms with E-state index in [0.717, 1.165) is 12.8 Å². The highest BCUT2D eigenvalue weighted by Gasteiger charge is 2.31. The second kappa shape index (κ2) is 8.10. The third-order valence-electron chi connectivity index (χ3n) is 2.61. The van der Waals surface area contributed by atoms with Crippen LogP contribution in [0.4, 0.5) is 13.2 Å². The summed E-state index contributed by atoms with van der Waals surface area (Å²) in [4.78, 5) is 0. The number of rotatable bonds is 5. The van der Waals surface area contributed by atoms with Crippen molar-refractivity contribution in [2.24, 2.45) is 11.7 Å². The molecule has 0 heterocycles. The molecule has 0 bridgehead atoms. The van der Waals surface area contributed by atoms with Crippen LogP contribution in [-0.4, -0.2) is 6.36 Å². The zero-order valence-corrected chi connectivity index (χ0v) is 13.6. The molecule has 2 N–H and O–H groups in total. The van der Waals surface area contributed by atoms with Gasteiger partial charge in [0.2, 0.25) is 0 Å². The molecule has 0 aliphatic rings. The van der Waals surface area contributed by atoms with Gasteiger partial charge in [0, 0.05) is 10.5 Å². The van der Waals surface area contributed by atoms with Gasteiger partial charge in [0.25, 0.3) is 0 Å². The number of halogens is 5. The van der Waals surface area contributed by atoms with Crippen molar-refractivity contribution in [3.05, 3.63) is 28.2 Å². The van der Waals surface area contributed by atoms with E-state index in [1.54, 1.807) is 6.07 Å². The van der Waals surface area contributed by atoms with E-state index in [9.17, 15) is 13.2 Å². The van der Waals surface area contributed by atoms with E-state index in [-0.39, 0.29) is 24.2 Å². The maximum atomic E-state index is 12.2. The molecule has 0 spiro atoms. The Labute approximate surface area is 131 Å². The second-order valence-corrected chi connectivity index (χ2v) is 5.76. The first-order valence-electron chi connectivity index (χ1n) is 5.99. The van der Waals surface area contributed by atoms with E-state index < -0.39 is 6.36 Å². The average molecular weight is 377 g/mol. The van der Waals surface area contributed by atoms with Gasteiger partial charge in [-0.3, -0.25) is 0 Å². The van der Waals surface area contributed by atoms with Gasteiger partial charge in [0.1, 0.15) is 5.75 Å². The van der Waals surface area contributed by atoms with Crippen LogP contribution < -0.4 is 10.5 Å². The van der Waals surface area contributed by atoms with Gasteiger partial charge in [-0.05, 0) is 42.5 Å². The molecule has 0 radical (unpaired) electrons. The maximum Gasteiger partial charge on any atom is 0.573 e. The van der Waals surface area contributed by atoms with Crippen molar-refractivity contribution in [3.63, 3.8) is 0 Å². The van der Waals surface area contributed by atoms with Crippen LogP contribution >= 0.6 is 28.3 Å². The van der Waals surface area contributed by atoms with Crippen molar-refractivity contribution < 1.29 is 17.9 Å². The van der Waals surface area contributed by atoms with Crippen LogP contribution in [0.15, 0.2) is 22.7 Å². The largest absolute Gasteiger partial charge is 0.573 e. The zero-order valence-electron chi connectivity index (χ0n) is 11.2. The topological polar surface area (TPSA) is 35.2 Å². The van der Waals surface area contributed by atoms with E-state index in [1.807, 2.05) is 0 Å². The molecule has 0 saturated heterocycles. The van der Waals surface area contributed by atoms with Gasteiger partial charge in [-0.2, -0.15) is 0 Å². The molecule has 1 aromatic carbocycles. The fourth-order valence-corrected chi connectivity index (χ4v) is 2.16. The van der Waals surface area contributed by atoms with Crippen LogP contribution in [0.1, 0.15) is 38.3 Å². The minimum absolute atomic E-state index is 0. The molecule has 116 valence electrons. The minimum Gasteiger partial charge on any atom is -0.406 e. The normalized spacial score (nSPS) is 13.0. The maximum absolute atomic E-state index is 12.2. The van der Waals surface area contributed by atoms with Crippen LogP contribution in [0.5, 0.6) is 5.75 Å². The van der Waals surface area contributed by atoms with Crippen molar-refractivity contribution in [2.75, 3.05) is 0 Å². The lowest BCUT2D eigenvalue weighted by Gasteiger charge is -2.16. The molecule has 0 aliphatic heterocycles. The van der Waals surface area contributed by atoms with Crippen molar-refractivity contribution >= 4 is 28.3 Å². The Morgan fingerprint density at radius 1 is 1.20 bits per heavy atom. The molecule has 0 amide bonds. The Hall–Kier alpha value is -0.460. The first-order chi connectivity index (χ1) is 8.67. The van der Waals surface area contributed by atoms with Crippen LogP contribution in [0.3, 0.4) is 0 Å². The number of hydrogen-bond donors (Lipinski definition) is 1. The van der Waals surface area contributed by atoms with E-state index in [0.29, 0.717) is 16.0 Å². The molecule has 0 unspecified atom stereocenters. The summed E-state index contributed by atoms with van der Waals surface area (Å²) in [6, 6.07) is 4.03. The number of nitrogens with two attached hydrogens (primary N) is 1. The molecule has 20 heavy (non-hydrogen) atoms. The molecule has 0 saturated carbocycles. The molecule has 1 atom stereocenters. The van der Waals surface area contributed by atoms with Gasteiger partial charge in [-0.15, -0.1) is 25.6 Å². The summed E-state index contributed by atoms with van der Waals surface area (Å²) in [7, 11) is 0. The van der Waals surface area contributed by atoms with E-state index in [2.05, 4.69) is 34.5 Å². The highest BCUT2D eigenvalue weighted by molar-refractivity contribution is 9.10. The number of alkyl halides is 3. The summed E-state index contributed by atoms with van der Waals surface area (Å²) in [6.45, 7) is 4.15. The summed E-state index contributed by atoms with van der Waals surface area (Å²) in [6.07, 6.45) is -3.05. The Morgan fingerprint density at radius 3 is 2.30 bits per heavy atom. The molecule has 0 fully saturated rings. The smallest absolute Gasteiger partial charge is 0.406 e. The van der Waals surface area contributed by atoms with Gasteiger partial charge >= 0.3 is 6.36 Å². The van der Waals surface area contributed by atoms with Crippen LogP contribution in [0.2, 0.25) is 0 Å². The summed E-state index contributed by atoms with van der Waals surface area (Å²) in [5.74, 6) is 0.251. The predicted octanol–water partition coefficient (Wildman–Crippen LogP) is 5.21. The van der Waals surface area contributed by atoms with Crippen molar-refractivity contribution in [1.82, 2.24) is 0 Å². The SMILES string of the molecule is CC(C)CC[C@H](N)c1cc(Br)cc(OC(F)(F)F)c1.Cl. The van der Waals surface area contributed by atoms with Gasteiger partial charge in [-0.1, -0.05) is 29.8 Å². The lowest BCUT2D eigenvalue weighted by atomic mass is 9.98. The molecular weight excluding hydrogens is 358 g/mol. The van der Waals surface area contributed by atoms with Crippen LogP contribution in [0, 0.1) is 5.92 Å². The van der Waals surface area contributed by atoms with Crippen molar-refractivity contribution in [1.29, 1.82) is 0 Å². The highest BCUT2D eigenvalue weighted by atomic mass is 79.9. The van der Waals surface area contributed by atoms with E-state index in [1.165, 1.54) is 12.1 Å². The number of hydrogen-bond acceptors (Lipinski definition) is 2.